The predicted octanol–water partition coefficient (Wildman–Crippen LogP) is 9.97. The van der Waals surface area contributed by atoms with Crippen LogP contribution in [0.1, 0.15) is 112 Å². The van der Waals surface area contributed by atoms with Crippen LogP contribution in [0.2, 0.25) is 0 Å². The summed E-state index contributed by atoms with van der Waals surface area (Å²) in [7, 11) is 0. The van der Waals surface area contributed by atoms with E-state index >= 15 is 0 Å². The Balaban J connectivity index is 0. The third kappa shape index (κ3) is 12.1. The minimum absolute atomic E-state index is 0.0549. The molecule has 35 heavy (non-hydrogen) atoms. The van der Waals surface area contributed by atoms with Crippen molar-refractivity contribution in [1.82, 2.24) is 0 Å². The standard InChI is InChI=1S/C20H19NOS.C6H12.C4H10.C2H6/c1-6-15-7-16(11-21)9-17(8-15)18-10-19(23-12-18)20(4,5)13(2)14(3)22;1-5(2)6(3)4;1-3-4-2;1-2/h1,7-10,12-13H,2-5H3;1-4H3;3-4H2,1-2H3;1-2H3. The number of hydrogen-bond donors (Lipinski definition) is 0. The first-order valence-corrected chi connectivity index (χ1v) is 13.5. The first-order chi connectivity index (χ1) is 16.3. The monoisotopic (exact) mass is 493 g/mol. The molecule has 0 spiro atoms. The van der Waals surface area contributed by atoms with Crippen LogP contribution in [0.3, 0.4) is 0 Å². The Bertz CT molecular complexity index is 972. The fourth-order valence-corrected chi connectivity index (χ4v) is 3.62. The summed E-state index contributed by atoms with van der Waals surface area (Å²) in [5.41, 5.74) is 5.84. The molecule has 2 rings (SSSR count). The maximum absolute atomic E-state index is 11.8. The molecular weight excluding hydrogens is 446 g/mol. The van der Waals surface area contributed by atoms with Crippen LogP contribution in [0.25, 0.3) is 11.1 Å². The second kappa shape index (κ2) is 17.8. The van der Waals surface area contributed by atoms with E-state index in [9.17, 15) is 4.79 Å². The van der Waals surface area contributed by atoms with E-state index in [1.54, 1.807) is 24.3 Å². The lowest BCUT2D eigenvalue weighted by molar-refractivity contribution is -0.121. The summed E-state index contributed by atoms with van der Waals surface area (Å²) in [6.45, 7) is 24.6. The molecule has 0 aliphatic heterocycles. The van der Waals surface area contributed by atoms with Gasteiger partial charge >= 0.3 is 0 Å². The molecular formula is C32H47NOS. The molecule has 1 aromatic carbocycles. The normalized spacial score (nSPS) is 10.5. The van der Waals surface area contributed by atoms with Crippen LogP contribution < -0.4 is 0 Å². The molecule has 0 aliphatic rings. The number of allylic oxidation sites excluding steroid dienone is 2. The Hall–Kier alpha value is -2.62. The summed E-state index contributed by atoms with van der Waals surface area (Å²) in [4.78, 5) is 12.9. The quantitative estimate of drug-likeness (QED) is 0.307. The lowest BCUT2D eigenvalue weighted by Crippen LogP contribution is -2.30. The van der Waals surface area contributed by atoms with Gasteiger partial charge in [-0.3, -0.25) is 4.79 Å². The number of thiophene rings is 1. The smallest absolute Gasteiger partial charge is 0.133 e. The van der Waals surface area contributed by atoms with Gasteiger partial charge in [0.1, 0.15) is 5.78 Å². The summed E-state index contributed by atoms with van der Waals surface area (Å²) < 4.78 is 0. The second-order valence-corrected chi connectivity index (χ2v) is 10.2. The number of unbranched alkanes of at least 4 members (excludes halogenated alkanes) is 1. The van der Waals surface area contributed by atoms with Crippen molar-refractivity contribution in [3.05, 3.63) is 56.8 Å². The average Bonchev–Trinajstić information content (AvgIpc) is 3.36. The number of benzene rings is 1. The number of terminal acetylenes is 1. The molecule has 192 valence electrons. The van der Waals surface area contributed by atoms with Crippen molar-refractivity contribution in [2.45, 2.75) is 101 Å². The van der Waals surface area contributed by atoms with Crippen molar-refractivity contribution < 1.29 is 4.79 Å². The molecule has 1 atom stereocenters. The van der Waals surface area contributed by atoms with Gasteiger partial charge < -0.3 is 0 Å². The van der Waals surface area contributed by atoms with Crippen LogP contribution in [0.5, 0.6) is 0 Å². The minimum Gasteiger partial charge on any atom is -0.300 e. The van der Waals surface area contributed by atoms with E-state index in [1.807, 2.05) is 32.9 Å². The third-order valence-corrected chi connectivity index (χ3v) is 7.26. The third-order valence-electron chi connectivity index (χ3n) is 5.99. The summed E-state index contributed by atoms with van der Waals surface area (Å²) in [5.74, 6) is 2.72. The van der Waals surface area contributed by atoms with Crippen LogP contribution in [0.4, 0.5) is 0 Å². The molecule has 0 amide bonds. The van der Waals surface area contributed by atoms with E-state index in [0.29, 0.717) is 11.1 Å². The number of ketones is 1. The van der Waals surface area contributed by atoms with Gasteiger partial charge in [-0.25, -0.2) is 0 Å². The fourth-order valence-electron chi connectivity index (χ4n) is 2.49. The molecule has 1 unspecified atom stereocenters. The van der Waals surface area contributed by atoms with E-state index in [4.69, 9.17) is 11.7 Å². The topological polar surface area (TPSA) is 40.9 Å². The van der Waals surface area contributed by atoms with Gasteiger partial charge in [0.05, 0.1) is 11.6 Å². The van der Waals surface area contributed by atoms with Gasteiger partial charge in [-0.2, -0.15) is 5.26 Å². The molecule has 1 aromatic heterocycles. The van der Waals surface area contributed by atoms with E-state index < -0.39 is 0 Å². The maximum atomic E-state index is 11.8. The second-order valence-electron chi connectivity index (χ2n) is 9.31. The highest BCUT2D eigenvalue weighted by Gasteiger charge is 2.32. The number of nitriles is 1. The van der Waals surface area contributed by atoms with Gasteiger partial charge in [-0.05, 0) is 75.4 Å². The molecule has 0 aliphatic carbocycles. The number of Topliss-reactive ketones (excluding diaryl/α,β-unsaturated/α-hetero) is 1. The van der Waals surface area contributed by atoms with Crippen LogP contribution >= 0.6 is 11.3 Å². The lowest BCUT2D eigenvalue weighted by Gasteiger charge is -2.29. The Morgan fingerprint density at radius 1 is 0.943 bits per heavy atom. The molecule has 0 N–H and O–H groups in total. The number of carbonyl (C=O) groups is 1. The van der Waals surface area contributed by atoms with E-state index in [0.717, 1.165) is 16.0 Å². The molecule has 0 bridgehead atoms. The van der Waals surface area contributed by atoms with E-state index in [1.165, 1.54) is 24.0 Å². The Labute approximate surface area is 220 Å². The predicted molar refractivity (Wildman–Crippen MR) is 157 cm³/mol. The maximum Gasteiger partial charge on any atom is 0.133 e. The van der Waals surface area contributed by atoms with Gasteiger partial charge in [0.25, 0.3) is 0 Å². The summed E-state index contributed by atoms with van der Waals surface area (Å²) in [5, 5.41) is 11.2. The van der Waals surface area contributed by atoms with E-state index in [2.05, 4.69) is 78.8 Å². The lowest BCUT2D eigenvalue weighted by atomic mass is 9.76. The van der Waals surface area contributed by atoms with Crippen molar-refractivity contribution in [2.75, 3.05) is 0 Å². The number of carbonyl (C=O) groups excluding carboxylic acids is 1. The first-order valence-electron chi connectivity index (χ1n) is 12.6. The summed E-state index contributed by atoms with van der Waals surface area (Å²) >= 11 is 1.64. The Morgan fingerprint density at radius 2 is 1.43 bits per heavy atom. The van der Waals surface area contributed by atoms with Gasteiger partial charge in [0, 0.05) is 21.8 Å². The van der Waals surface area contributed by atoms with Crippen LogP contribution in [-0.2, 0) is 10.2 Å². The zero-order valence-electron chi connectivity index (χ0n) is 24.2. The summed E-state index contributed by atoms with van der Waals surface area (Å²) in [6, 6.07) is 9.70. The van der Waals surface area contributed by atoms with E-state index in [-0.39, 0.29) is 17.1 Å². The number of hydrogen-bond acceptors (Lipinski definition) is 3. The fraction of sp³-hybridized carbons (Fsp3) is 0.500. The Kier molecular flexibility index (Phi) is 17.5. The van der Waals surface area contributed by atoms with Gasteiger partial charge in [-0.1, -0.05) is 78.4 Å². The van der Waals surface area contributed by atoms with Crippen molar-refractivity contribution in [2.24, 2.45) is 5.92 Å². The largest absolute Gasteiger partial charge is 0.300 e. The SMILES string of the molecule is C#Cc1cc(C#N)cc(-c2csc(C(C)(C)C(C)C(C)=O)c2)c1.CC.CC(C)=C(C)C.CCCC. The Morgan fingerprint density at radius 3 is 1.80 bits per heavy atom. The molecule has 3 heteroatoms. The average molecular weight is 494 g/mol. The van der Waals surface area contributed by atoms with Crippen molar-refractivity contribution >= 4 is 17.1 Å². The molecule has 0 saturated carbocycles. The molecule has 2 nitrogen and oxygen atoms in total. The molecule has 1 heterocycles. The van der Waals surface area contributed by atoms with Crippen molar-refractivity contribution in [1.29, 1.82) is 5.26 Å². The highest BCUT2D eigenvalue weighted by atomic mass is 32.1. The van der Waals surface area contributed by atoms with Crippen molar-refractivity contribution in [3.8, 4) is 29.5 Å². The van der Waals surface area contributed by atoms with Crippen LogP contribution in [0, 0.1) is 29.6 Å². The molecule has 2 aromatic rings. The number of nitrogens with zero attached hydrogens (tertiary/aromatic N) is 1. The summed E-state index contributed by atoms with van der Waals surface area (Å²) in [6.07, 6.45) is 8.11. The van der Waals surface area contributed by atoms with Crippen molar-refractivity contribution in [3.63, 3.8) is 0 Å². The first kappa shape index (κ1) is 34.5. The van der Waals surface area contributed by atoms with Crippen LogP contribution in [0.15, 0.2) is 40.8 Å². The van der Waals surface area contributed by atoms with Gasteiger partial charge in [0.2, 0.25) is 0 Å². The number of rotatable bonds is 5. The highest BCUT2D eigenvalue weighted by Crippen LogP contribution is 2.39. The highest BCUT2D eigenvalue weighted by molar-refractivity contribution is 7.10. The zero-order valence-corrected chi connectivity index (χ0v) is 25.0. The molecule has 0 fully saturated rings. The molecule has 0 saturated heterocycles. The van der Waals surface area contributed by atoms with Gasteiger partial charge in [0.15, 0.2) is 0 Å². The molecule has 0 radical (unpaired) electrons. The zero-order chi connectivity index (χ0) is 27.8. The van der Waals surface area contributed by atoms with Gasteiger partial charge in [-0.15, -0.1) is 17.8 Å². The van der Waals surface area contributed by atoms with Crippen LogP contribution in [-0.4, -0.2) is 5.78 Å². The minimum atomic E-state index is -0.226.